The number of hydrogen-bond acceptors (Lipinski definition) is 2. The zero-order chi connectivity index (χ0) is 12.2. The predicted molar refractivity (Wildman–Crippen MR) is 58.0 cm³/mol. The van der Waals surface area contributed by atoms with Crippen LogP contribution < -0.4 is 4.90 Å². The number of nitrogens with zero attached hydrogens (tertiary/aromatic N) is 2. The molecule has 0 unspecified atom stereocenters. The second kappa shape index (κ2) is 5.39. The number of anilines is 1. The summed E-state index contributed by atoms with van der Waals surface area (Å²) in [6, 6.07) is 3.29. The molecule has 0 aliphatic rings. The fraction of sp³-hybridized carbons (Fsp3) is 0.500. The van der Waals surface area contributed by atoms with E-state index in [4.69, 9.17) is 11.6 Å². The van der Waals surface area contributed by atoms with E-state index in [1.165, 1.54) is 6.20 Å². The summed E-state index contributed by atoms with van der Waals surface area (Å²) in [5.74, 6) is 0.426. The van der Waals surface area contributed by atoms with Crippen molar-refractivity contribution in [2.24, 2.45) is 0 Å². The van der Waals surface area contributed by atoms with E-state index in [9.17, 15) is 13.2 Å². The van der Waals surface area contributed by atoms with Crippen LogP contribution in [0.1, 0.15) is 5.56 Å². The monoisotopic (exact) mass is 252 g/mol. The number of rotatable bonds is 4. The number of hydrogen-bond donors (Lipinski definition) is 0. The molecule has 0 atom stereocenters. The van der Waals surface area contributed by atoms with Crippen molar-refractivity contribution < 1.29 is 13.2 Å². The molecule has 90 valence electrons. The summed E-state index contributed by atoms with van der Waals surface area (Å²) < 4.78 is 36.8. The molecule has 0 bridgehead atoms. The summed E-state index contributed by atoms with van der Waals surface area (Å²) in [6.07, 6.45) is -2.72. The molecule has 0 aliphatic carbocycles. The van der Waals surface area contributed by atoms with Gasteiger partial charge in [0.25, 0.3) is 0 Å². The molecule has 1 rings (SSSR count). The van der Waals surface area contributed by atoms with Gasteiger partial charge in [-0.3, -0.25) is 0 Å². The molecule has 0 N–H and O–H groups in total. The first kappa shape index (κ1) is 13.1. The zero-order valence-electron chi connectivity index (χ0n) is 8.76. The quantitative estimate of drug-likeness (QED) is 0.766. The maximum absolute atomic E-state index is 12.3. The van der Waals surface area contributed by atoms with Gasteiger partial charge in [0.15, 0.2) is 0 Å². The molecule has 2 nitrogen and oxygen atoms in total. The minimum absolute atomic E-state index is 0.122. The van der Waals surface area contributed by atoms with Gasteiger partial charge in [0, 0.05) is 18.6 Å². The van der Waals surface area contributed by atoms with Crippen LogP contribution in [0.4, 0.5) is 19.0 Å². The van der Waals surface area contributed by atoms with Gasteiger partial charge in [0.1, 0.15) is 12.4 Å². The topological polar surface area (TPSA) is 16.1 Å². The van der Waals surface area contributed by atoms with Gasteiger partial charge in [0.05, 0.1) is 0 Å². The number of alkyl halides is 4. The number of pyridine rings is 1. The summed E-state index contributed by atoms with van der Waals surface area (Å²) in [6.45, 7) is 0.916. The Morgan fingerprint density at radius 3 is 2.50 bits per heavy atom. The average Bonchev–Trinajstić information content (AvgIpc) is 2.16. The van der Waals surface area contributed by atoms with Crippen LogP contribution in [0, 0.1) is 6.92 Å². The van der Waals surface area contributed by atoms with Gasteiger partial charge in [-0.15, -0.1) is 11.6 Å². The van der Waals surface area contributed by atoms with Gasteiger partial charge in [-0.2, -0.15) is 13.2 Å². The maximum Gasteiger partial charge on any atom is 0.405 e. The second-order valence-electron chi connectivity index (χ2n) is 3.42. The van der Waals surface area contributed by atoms with Crippen LogP contribution >= 0.6 is 11.6 Å². The molecule has 0 amide bonds. The van der Waals surface area contributed by atoms with Crippen molar-refractivity contribution in [3.05, 3.63) is 23.9 Å². The highest BCUT2D eigenvalue weighted by Gasteiger charge is 2.31. The molecule has 0 aromatic carbocycles. The Morgan fingerprint density at radius 1 is 1.38 bits per heavy atom. The first-order valence-electron chi connectivity index (χ1n) is 4.72. The maximum atomic E-state index is 12.3. The molecule has 0 fully saturated rings. The van der Waals surface area contributed by atoms with Crippen LogP contribution in [0.2, 0.25) is 0 Å². The lowest BCUT2D eigenvalue weighted by molar-refractivity contribution is -0.119. The fourth-order valence-corrected chi connectivity index (χ4v) is 1.44. The first-order chi connectivity index (χ1) is 7.42. The van der Waals surface area contributed by atoms with Crippen molar-refractivity contribution in [1.29, 1.82) is 0 Å². The average molecular weight is 253 g/mol. The highest BCUT2D eigenvalue weighted by Crippen LogP contribution is 2.20. The summed E-state index contributed by atoms with van der Waals surface area (Å²) in [7, 11) is 0. The molecule has 0 radical (unpaired) electrons. The Bertz CT molecular complexity index is 324. The molecule has 0 spiro atoms. The zero-order valence-corrected chi connectivity index (χ0v) is 9.52. The molecule has 6 heteroatoms. The minimum atomic E-state index is -4.25. The van der Waals surface area contributed by atoms with Gasteiger partial charge in [0.2, 0.25) is 0 Å². The van der Waals surface area contributed by atoms with E-state index in [0.717, 1.165) is 10.5 Å². The third kappa shape index (κ3) is 4.26. The van der Waals surface area contributed by atoms with Crippen molar-refractivity contribution in [2.75, 3.05) is 23.9 Å². The van der Waals surface area contributed by atoms with Crippen LogP contribution in [0.5, 0.6) is 0 Å². The summed E-state index contributed by atoms with van der Waals surface area (Å²) in [4.78, 5) is 5.07. The molecule has 0 saturated heterocycles. The van der Waals surface area contributed by atoms with Crippen LogP contribution in [-0.4, -0.2) is 30.1 Å². The Morgan fingerprint density at radius 2 is 2.06 bits per heavy atom. The van der Waals surface area contributed by atoms with Gasteiger partial charge in [-0.25, -0.2) is 4.98 Å². The molecular formula is C10H12ClF3N2. The van der Waals surface area contributed by atoms with Crippen LogP contribution in [0.25, 0.3) is 0 Å². The standard InChI is InChI=1S/C10H12ClF3N2/c1-8-2-3-9(15-6-8)16(5-4-11)7-10(12,13)14/h2-3,6H,4-5,7H2,1H3. The van der Waals surface area contributed by atoms with E-state index in [1.54, 1.807) is 12.1 Å². The Labute approximate surface area is 97.0 Å². The number of halogens is 4. The van der Waals surface area contributed by atoms with E-state index in [0.29, 0.717) is 5.82 Å². The normalized spacial score (nSPS) is 11.6. The smallest absolute Gasteiger partial charge is 0.346 e. The number of aromatic nitrogens is 1. The van der Waals surface area contributed by atoms with Gasteiger partial charge < -0.3 is 4.90 Å². The van der Waals surface area contributed by atoms with E-state index in [1.807, 2.05) is 6.92 Å². The predicted octanol–water partition coefficient (Wildman–Crippen LogP) is 3.00. The second-order valence-corrected chi connectivity index (χ2v) is 3.80. The van der Waals surface area contributed by atoms with Gasteiger partial charge in [-0.05, 0) is 18.6 Å². The van der Waals surface area contributed by atoms with E-state index in [2.05, 4.69) is 4.98 Å². The number of aryl methyl sites for hydroxylation is 1. The molecule has 1 aromatic rings. The van der Waals surface area contributed by atoms with Gasteiger partial charge in [-0.1, -0.05) is 6.07 Å². The van der Waals surface area contributed by atoms with Crippen molar-refractivity contribution in [1.82, 2.24) is 4.98 Å². The Hall–Kier alpha value is -0.970. The summed E-state index contributed by atoms with van der Waals surface area (Å²) in [5, 5.41) is 0. The van der Waals surface area contributed by atoms with Crippen molar-refractivity contribution in [2.45, 2.75) is 13.1 Å². The van der Waals surface area contributed by atoms with Crippen LogP contribution in [0.3, 0.4) is 0 Å². The minimum Gasteiger partial charge on any atom is -0.346 e. The van der Waals surface area contributed by atoms with E-state index < -0.39 is 12.7 Å². The van der Waals surface area contributed by atoms with E-state index >= 15 is 0 Å². The molecule has 16 heavy (non-hydrogen) atoms. The molecule has 0 aliphatic heterocycles. The Balaban J connectivity index is 2.80. The van der Waals surface area contributed by atoms with Crippen molar-refractivity contribution in [3.8, 4) is 0 Å². The summed E-state index contributed by atoms with van der Waals surface area (Å²) >= 11 is 5.47. The van der Waals surface area contributed by atoms with Crippen LogP contribution in [-0.2, 0) is 0 Å². The van der Waals surface area contributed by atoms with Gasteiger partial charge >= 0.3 is 6.18 Å². The van der Waals surface area contributed by atoms with Crippen molar-refractivity contribution in [3.63, 3.8) is 0 Å². The molecule has 1 aromatic heterocycles. The fourth-order valence-electron chi connectivity index (χ4n) is 1.24. The lowest BCUT2D eigenvalue weighted by atomic mass is 10.3. The largest absolute Gasteiger partial charge is 0.405 e. The SMILES string of the molecule is Cc1ccc(N(CCCl)CC(F)(F)F)nc1. The third-order valence-electron chi connectivity index (χ3n) is 1.94. The summed E-state index contributed by atoms with van der Waals surface area (Å²) in [5.41, 5.74) is 0.904. The lowest BCUT2D eigenvalue weighted by Crippen LogP contribution is -2.36. The highest BCUT2D eigenvalue weighted by molar-refractivity contribution is 6.18. The Kier molecular flexibility index (Phi) is 4.41. The molecule has 0 saturated carbocycles. The molecule has 1 heterocycles. The van der Waals surface area contributed by atoms with Crippen LogP contribution in [0.15, 0.2) is 18.3 Å². The molecular weight excluding hydrogens is 241 g/mol. The first-order valence-corrected chi connectivity index (χ1v) is 5.26. The van der Waals surface area contributed by atoms with Crippen molar-refractivity contribution >= 4 is 17.4 Å². The highest BCUT2D eigenvalue weighted by atomic mass is 35.5. The lowest BCUT2D eigenvalue weighted by Gasteiger charge is -2.23. The third-order valence-corrected chi connectivity index (χ3v) is 2.11. The van der Waals surface area contributed by atoms with E-state index in [-0.39, 0.29) is 12.4 Å².